The number of ether oxygens (including phenoxy) is 3. The van der Waals surface area contributed by atoms with E-state index in [1.807, 2.05) is 0 Å². The molecule has 0 aromatic heterocycles. The lowest BCUT2D eigenvalue weighted by Gasteiger charge is -2.29. The van der Waals surface area contributed by atoms with Crippen LogP contribution in [0.4, 0.5) is 0 Å². The Morgan fingerprint density at radius 1 is 1.09 bits per heavy atom. The van der Waals surface area contributed by atoms with Crippen LogP contribution in [0.5, 0.6) is 17.2 Å². The highest BCUT2D eigenvalue weighted by molar-refractivity contribution is 5.77. The molecule has 122 valence electrons. The van der Waals surface area contributed by atoms with E-state index in [1.54, 1.807) is 32.4 Å². The maximum absolute atomic E-state index is 12.0. The minimum Gasteiger partial charge on any atom is -0.496 e. The minimum absolute atomic E-state index is 0.000454. The molecule has 1 amide bonds. The summed E-state index contributed by atoms with van der Waals surface area (Å²) in [5.74, 6) is 2.28. The Balaban J connectivity index is 1.87. The summed E-state index contributed by atoms with van der Waals surface area (Å²) in [5.41, 5.74) is 0. The number of amides is 1. The van der Waals surface area contributed by atoms with Crippen LogP contribution < -0.4 is 19.5 Å². The van der Waals surface area contributed by atoms with Gasteiger partial charge in [0.2, 0.25) is 0 Å². The zero-order chi connectivity index (χ0) is 15.9. The van der Waals surface area contributed by atoms with E-state index in [2.05, 4.69) is 12.2 Å². The largest absolute Gasteiger partial charge is 0.496 e. The fraction of sp³-hybridized carbons (Fsp3) is 0.588. The number of carbonyl (C=O) groups excluding carboxylic acids is 1. The van der Waals surface area contributed by atoms with E-state index >= 15 is 0 Å². The van der Waals surface area contributed by atoms with Gasteiger partial charge >= 0.3 is 0 Å². The van der Waals surface area contributed by atoms with E-state index in [9.17, 15) is 4.79 Å². The van der Waals surface area contributed by atoms with Gasteiger partial charge in [0.25, 0.3) is 5.91 Å². The average Bonchev–Trinajstić information content (AvgIpc) is 2.54. The number of carbonyl (C=O) groups is 1. The van der Waals surface area contributed by atoms with Gasteiger partial charge in [-0.3, -0.25) is 4.79 Å². The fourth-order valence-electron chi connectivity index (χ4n) is 2.79. The van der Waals surface area contributed by atoms with Crippen molar-refractivity contribution in [3.8, 4) is 17.2 Å². The molecule has 0 saturated heterocycles. The predicted molar refractivity (Wildman–Crippen MR) is 84.6 cm³/mol. The standard InChI is InChI=1S/C17H25NO4/c1-12-6-4-5-7-16(12)18-17(19)11-22-15-9-13(20-2)8-14(10-15)21-3/h8-10,12,16H,4-7,11H2,1-3H3,(H,18,19)/t12-,16+/m0/s1. The van der Waals surface area contributed by atoms with E-state index in [0.717, 1.165) is 6.42 Å². The molecule has 0 radical (unpaired) electrons. The smallest absolute Gasteiger partial charge is 0.258 e. The van der Waals surface area contributed by atoms with Gasteiger partial charge in [-0.25, -0.2) is 0 Å². The molecule has 5 heteroatoms. The molecule has 2 rings (SSSR count). The first-order chi connectivity index (χ1) is 10.6. The third kappa shape index (κ3) is 4.55. The van der Waals surface area contributed by atoms with Crippen molar-refractivity contribution in [2.24, 2.45) is 5.92 Å². The lowest BCUT2D eigenvalue weighted by molar-refractivity contribution is -0.124. The van der Waals surface area contributed by atoms with Gasteiger partial charge in [-0.05, 0) is 18.8 Å². The Bertz CT molecular complexity index is 481. The third-order valence-corrected chi connectivity index (χ3v) is 4.15. The van der Waals surface area contributed by atoms with Crippen molar-refractivity contribution >= 4 is 5.91 Å². The van der Waals surface area contributed by atoms with Crippen LogP contribution >= 0.6 is 0 Å². The van der Waals surface area contributed by atoms with Gasteiger partial charge in [-0.2, -0.15) is 0 Å². The Kier molecular flexibility index (Phi) is 5.92. The molecular weight excluding hydrogens is 282 g/mol. The quantitative estimate of drug-likeness (QED) is 0.878. The Hall–Kier alpha value is -1.91. The van der Waals surface area contributed by atoms with Crippen LogP contribution in [-0.4, -0.2) is 32.8 Å². The summed E-state index contributed by atoms with van der Waals surface area (Å²) in [5, 5.41) is 3.07. The fourth-order valence-corrected chi connectivity index (χ4v) is 2.79. The molecule has 1 saturated carbocycles. The SMILES string of the molecule is COc1cc(OC)cc(OCC(=O)N[C@@H]2CCCC[C@@H]2C)c1. The molecule has 1 fully saturated rings. The minimum atomic E-state index is -0.0828. The number of methoxy groups -OCH3 is 2. The van der Waals surface area contributed by atoms with Crippen molar-refractivity contribution in [2.75, 3.05) is 20.8 Å². The van der Waals surface area contributed by atoms with Crippen LogP contribution in [0, 0.1) is 5.92 Å². The lowest BCUT2D eigenvalue weighted by atomic mass is 9.86. The van der Waals surface area contributed by atoms with E-state index in [4.69, 9.17) is 14.2 Å². The van der Waals surface area contributed by atoms with Crippen molar-refractivity contribution in [2.45, 2.75) is 38.6 Å². The number of hydrogen-bond donors (Lipinski definition) is 1. The first-order valence-corrected chi connectivity index (χ1v) is 7.77. The monoisotopic (exact) mass is 307 g/mol. The highest BCUT2D eigenvalue weighted by Gasteiger charge is 2.22. The summed E-state index contributed by atoms with van der Waals surface area (Å²) in [7, 11) is 3.16. The Morgan fingerprint density at radius 3 is 2.27 bits per heavy atom. The molecule has 1 aliphatic carbocycles. The molecule has 0 unspecified atom stereocenters. The van der Waals surface area contributed by atoms with Gasteiger partial charge in [-0.1, -0.05) is 19.8 Å². The first kappa shape index (κ1) is 16.5. The molecule has 1 aliphatic rings. The summed E-state index contributed by atoms with van der Waals surface area (Å²) in [6.45, 7) is 2.19. The van der Waals surface area contributed by atoms with E-state index in [-0.39, 0.29) is 18.6 Å². The maximum Gasteiger partial charge on any atom is 0.258 e. The second-order valence-corrected chi connectivity index (χ2v) is 5.77. The topological polar surface area (TPSA) is 56.8 Å². The molecule has 1 aromatic rings. The van der Waals surface area contributed by atoms with Gasteiger partial charge in [0.15, 0.2) is 6.61 Å². The summed E-state index contributed by atoms with van der Waals surface area (Å²) < 4.78 is 15.9. The van der Waals surface area contributed by atoms with Crippen molar-refractivity contribution in [1.29, 1.82) is 0 Å². The van der Waals surface area contributed by atoms with Crippen LogP contribution in [0.1, 0.15) is 32.6 Å². The average molecular weight is 307 g/mol. The highest BCUT2D eigenvalue weighted by atomic mass is 16.5. The van der Waals surface area contributed by atoms with Gasteiger partial charge in [0.05, 0.1) is 14.2 Å². The van der Waals surface area contributed by atoms with Gasteiger partial charge in [0, 0.05) is 24.2 Å². The zero-order valence-corrected chi connectivity index (χ0v) is 13.6. The summed E-state index contributed by atoms with van der Waals surface area (Å²) >= 11 is 0. The number of rotatable bonds is 6. The highest BCUT2D eigenvalue weighted by Crippen LogP contribution is 2.27. The molecule has 5 nitrogen and oxygen atoms in total. The number of nitrogens with one attached hydrogen (secondary N) is 1. The van der Waals surface area contributed by atoms with E-state index in [1.165, 1.54) is 19.3 Å². The number of benzene rings is 1. The van der Waals surface area contributed by atoms with Crippen LogP contribution in [0.2, 0.25) is 0 Å². The van der Waals surface area contributed by atoms with Gasteiger partial charge in [-0.15, -0.1) is 0 Å². The Labute approximate surface area is 131 Å². The van der Waals surface area contributed by atoms with Crippen LogP contribution in [0.15, 0.2) is 18.2 Å². The molecule has 0 heterocycles. The molecule has 0 bridgehead atoms. The summed E-state index contributed by atoms with van der Waals surface area (Å²) in [4.78, 5) is 12.0. The first-order valence-electron chi connectivity index (χ1n) is 7.77. The van der Waals surface area contributed by atoms with E-state index in [0.29, 0.717) is 23.2 Å². The van der Waals surface area contributed by atoms with Crippen LogP contribution in [-0.2, 0) is 4.79 Å². The van der Waals surface area contributed by atoms with E-state index < -0.39 is 0 Å². The molecule has 1 aromatic carbocycles. The summed E-state index contributed by atoms with van der Waals surface area (Å²) in [6, 6.07) is 5.50. The van der Waals surface area contributed by atoms with Crippen molar-refractivity contribution in [3.05, 3.63) is 18.2 Å². The molecular formula is C17H25NO4. The van der Waals surface area contributed by atoms with Gasteiger partial charge < -0.3 is 19.5 Å². The molecule has 22 heavy (non-hydrogen) atoms. The van der Waals surface area contributed by atoms with Crippen molar-refractivity contribution in [3.63, 3.8) is 0 Å². The van der Waals surface area contributed by atoms with Crippen molar-refractivity contribution in [1.82, 2.24) is 5.32 Å². The maximum atomic E-state index is 12.0. The predicted octanol–water partition coefficient (Wildman–Crippen LogP) is 2.78. The van der Waals surface area contributed by atoms with Gasteiger partial charge in [0.1, 0.15) is 17.2 Å². The molecule has 0 aliphatic heterocycles. The number of hydrogen-bond acceptors (Lipinski definition) is 4. The van der Waals surface area contributed by atoms with Crippen molar-refractivity contribution < 1.29 is 19.0 Å². The normalized spacial score (nSPS) is 21.0. The second kappa shape index (κ2) is 7.92. The molecule has 1 N–H and O–H groups in total. The molecule has 2 atom stereocenters. The van der Waals surface area contributed by atoms with Crippen LogP contribution in [0.3, 0.4) is 0 Å². The lowest BCUT2D eigenvalue weighted by Crippen LogP contribution is -2.43. The second-order valence-electron chi connectivity index (χ2n) is 5.77. The summed E-state index contributed by atoms with van der Waals surface area (Å²) in [6.07, 6.45) is 4.68. The Morgan fingerprint density at radius 2 is 1.68 bits per heavy atom. The third-order valence-electron chi connectivity index (χ3n) is 4.15. The van der Waals surface area contributed by atoms with Crippen LogP contribution in [0.25, 0.3) is 0 Å². The molecule has 0 spiro atoms. The zero-order valence-electron chi connectivity index (χ0n) is 13.6.